The van der Waals surface area contributed by atoms with Crippen LogP contribution in [0.15, 0.2) is 24.8 Å². The topological polar surface area (TPSA) is 124 Å². The summed E-state index contributed by atoms with van der Waals surface area (Å²) in [6, 6.07) is 0. The molecule has 0 saturated heterocycles. The van der Waals surface area contributed by atoms with E-state index in [0.717, 1.165) is 6.08 Å². The van der Waals surface area contributed by atoms with Crippen molar-refractivity contribution in [3.8, 4) is 0 Å². The molecule has 0 aromatic heterocycles. The number of amides is 1. The summed E-state index contributed by atoms with van der Waals surface area (Å²) >= 11 is 0. The quantitative estimate of drug-likeness (QED) is 0.398. The number of rotatable bonds is 5. The van der Waals surface area contributed by atoms with E-state index in [1.807, 2.05) is 0 Å². The number of hydrogen-bond acceptors (Lipinski definition) is 5. The molecular weight excluding hydrogens is 250 g/mol. The summed E-state index contributed by atoms with van der Waals surface area (Å²) in [7, 11) is -4.05. The number of hydrogen-bond donors (Lipinski definition) is 2. The lowest BCUT2D eigenvalue weighted by molar-refractivity contribution is -0.138. The molecule has 0 aromatic carbocycles. The van der Waals surface area contributed by atoms with Crippen LogP contribution in [0.2, 0.25) is 0 Å². The third kappa shape index (κ3) is 17.0. The van der Waals surface area contributed by atoms with Gasteiger partial charge in [-0.3, -0.25) is 9.35 Å². The molecule has 0 atom stereocenters. The zero-order chi connectivity index (χ0) is 14.1. The van der Waals surface area contributed by atoms with Gasteiger partial charge in [-0.15, -0.1) is 0 Å². The highest BCUT2D eigenvalue weighted by atomic mass is 32.2. The van der Waals surface area contributed by atoms with Gasteiger partial charge in [-0.1, -0.05) is 13.2 Å². The molecule has 17 heavy (non-hydrogen) atoms. The Kier molecular flexibility index (Phi) is 8.84. The van der Waals surface area contributed by atoms with Crippen LogP contribution in [0.3, 0.4) is 0 Å². The summed E-state index contributed by atoms with van der Waals surface area (Å²) in [5.74, 6) is -1.74. The van der Waals surface area contributed by atoms with Gasteiger partial charge in [0.1, 0.15) is 12.4 Å². The highest BCUT2D eigenvalue weighted by Crippen LogP contribution is 1.92. The van der Waals surface area contributed by atoms with Crippen molar-refractivity contribution >= 4 is 22.0 Å². The van der Waals surface area contributed by atoms with Crippen LogP contribution < -0.4 is 5.73 Å². The number of ether oxygens (including phenoxy) is 1. The van der Waals surface area contributed by atoms with Crippen LogP contribution in [0.25, 0.3) is 0 Å². The van der Waals surface area contributed by atoms with E-state index in [0.29, 0.717) is 0 Å². The van der Waals surface area contributed by atoms with Crippen LogP contribution in [0.1, 0.15) is 6.92 Å². The smallest absolute Gasteiger partial charge is 0.333 e. The van der Waals surface area contributed by atoms with Gasteiger partial charge in [0.2, 0.25) is 5.91 Å². The Balaban J connectivity index is 0. The van der Waals surface area contributed by atoms with Gasteiger partial charge in [0, 0.05) is 5.57 Å². The van der Waals surface area contributed by atoms with Crippen LogP contribution in [0.5, 0.6) is 0 Å². The van der Waals surface area contributed by atoms with Gasteiger partial charge in [-0.25, -0.2) is 4.79 Å². The maximum Gasteiger partial charge on any atom is 0.333 e. The van der Waals surface area contributed by atoms with E-state index >= 15 is 0 Å². The molecule has 0 aliphatic carbocycles. The Morgan fingerprint density at radius 1 is 1.47 bits per heavy atom. The second-order valence-electron chi connectivity index (χ2n) is 2.81. The predicted molar refractivity (Wildman–Crippen MR) is 61.6 cm³/mol. The SMILES string of the molecule is C=C(C)C(=O)OCCS(=O)(=O)O.C=CC(N)=O. The number of nitrogens with two attached hydrogens (primary N) is 1. The van der Waals surface area contributed by atoms with E-state index in [-0.39, 0.29) is 12.2 Å². The average Bonchev–Trinajstić information content (AvgIpc) is 2.16. The minimum absolute atomic E-state index is 0.185. The van der Waals surface area contributed by atoms with Gasteiger partial charge in [0.05, 0.1) is 0 Å². The minimum atomic E-state index is -4.05. The van der Waals surface area contributed by atoms with Crippen molar-refractivity contribution in [2.45, 2.75) is 6.92 Å². The minimum Gasteiger partial charge on any atom is -0.461 e. The molecule has 3 N–H and O–H groups in total. The van der Waals surface area contributed by atoms with Crippen molar-refractivity contribution in [3.63, 3.8) is 0 Å². The monoisotopic (exact) mass is 265 g/mol. The molecule has 98 valence electrons. The molecule has 0 fully saturated rings. The lowest BCUT2D eigenvalue weighted by atomic mass is 10.4. The molecule has 0 rings (SSSR count). The van der Waals surface area contributed by atoms with E-state index in [9.17, 15) is 18.0 Å². The molecule has 0 saturated carbocycles. The maximum atomic E-state index is 10.6. The fourth-order valence-corrected chi connectivity index (χ4v) is 0.657. The van der Waals surface area contributed by atoms with Crippen molar-refractivity contribution in [2.75, 3.05) is 12.4 Å². The van der Waals surface area contributed by atoms with Crippen LogP contribution in [0, 0.1) is 0 Å². The lowest BCUT2D eigenvalue weighted by Crippen LogP contribution is -2.14. The van der Waals surface area contributed by atoms with Crippen molar-refractivity contribution in [3.05, 3.63) is 24.8 Å². The summed E-state index contributed by atoms with van der Waals surface area (Å²) in [5, 5.41) is 0. The maximum absolute atomic E-state index is 10.6. The van der Waals surface area contributed by atoms with Gasteiger partial charge in [0.25, 0.3) is 10.1 Å². The Morgan fingerprint density at radius 2 is 1.88 bits per heavy atom. The van der Waals surface area contributed by atoms with Gasteiger partial charge < -0.3 is 10.5 Å². The van der Waals surface area contributed by atoms with E-state index in [1.165, 1.54) is 6.92 Å². The molecule has 0 spiro atoms. The molecule has 1 amide bonds. The zero-order valence-electron chi connectivity index (χ0n) is 9.38. The summed E-state index contributed by atoms with van der Waals surface area (Å²) < 4.78 is 32.9. The molecule has 0 bridgehead atoms. The zero-order valence-corrected chi connectivity index (χ0v) is 10.2. The van der Waals surface area contributed by atoms with Crippen LogP contribution >= 0.6 is 0 Å². The molecule has 0 heterocycles. The van der Waals surface area contributed by atoms with Crippen molar-refractivity contribution < 1.29 is 27.3 Å². The van der Waals surface area contributed by atoms with Crippen molar-refractivity contribution in [1.29, 1.82) is 0 Å². The first kappa shape index (κ1) is 17.7. The molecule has 8 heteroatoms. The highest BCUT2D eigenvalue weighted by molar-refractivity contribution is 7.85. The normalized spacial score (nSPS) is 9.53. The largest absolute Gasteiger partial charge is 0.461 e. The Labute approximate surface area is 99.7 Å². The predicted octanol–water partition coefficient (Wildman–Crippen LogP) is -0.349. The van der Waals surface area contributed by atoms with Crippen molar-refractivity contribution in [2.24, 2.45) is 5.73 Å². The van der Waals surface area contributed by atoms with E-state index < -0.39 is 27.7 Å². The van der Waals surface area contributed by atoms with Gasteiger partial charge in [-0.2, -0.15) is 8.42 Å². The summed E-state index contributed by atoms with van der Waals surface area (Å²) in [6.45, 7) is 7.45. The average molecular weight is 265 g/mol. The fraction of sp³-hybridized carbons (Fsp3) is 0.333. The van der Waals surface area contributed by atoms with Gasteiger partial charge >= 0.3 is 5.97 Å². The third-order valence-corrected chi connectivity index (χ3v) is 1.81. The lowest BCUT2D eigenvalue weighted by Gasteiger charge is -2.01. The van der Waals surface area contributed by atoms with E-state index in [4.69, 9.17) is 4.55 Å². The Bertz CT molecular complexity index is 398. The third-order valence-electron chi connectivity index (χ3n) is 1.12. The summed E-state index contributed by atoms with van der Waals surface area (Å²) in [4.78, 5) is 20.1. The van der Waals surface area contributed by atoms with Crippen LogP contribution in [-0.4, -0.2) is 37.2 Å². The second-order valence-corrected chi connectivity index (χ2v) is 4.38. The van der Waals surface area contributed by atoms with Crippen molar-refractivity contribution in [1.82, 2.24) is 0 Å². The molecular formula is C9H15NO6S. The van der Waals surface area contributed by atoms with Gasteiger partial charge in [-0.05, 0) is 13.0 Å². The number of esters is 1. The van der Waals surface area contributed by atoms with Gasteiger partial charge in [0.15, 0.2) is 0 Å². The molecule has 0 aliphatic rings. The molecule has 7 nitrogen and oxygen atoms in total. The number of carbonyl (C=O) groups is 2. The first-order chi connectivity index (χ1) is 7.60. The summed E-state index contributed by atoms with van der Waals surface area (Å²) in [5.41, 5.74) is 4.72. The van der Waals surface area contributed by atoms with E-state index in [1.54, 1.807) is 0 Å². The molecule has 0 aliphatic heterocycles. The van der Waals surface area contributed by atoms with Crippen LogP contribution in [-0.2, 0) is 24.4 Å². The Morgan fingerprint density at radius 3 is 2.12 bits per heavy atom. The number of primary amides is 1. The first-order valence-corrected chi connectivity index (χ1v) is 5.90. The first-order valence-electron chi connectivity index (χ1n) is 4.29. The fourth-order valence-electron chi connectivity index (χ4n) is 0.363. The Hall–Kier alpha value is -1.67. The molecule has 0 radical (unpaired) electrons. The van der Waals surface area contributed by atoms with Crippen LogP contribution in [0.4, 0.5) is 0 Å². The molecule has 0 aromatic rings. The van der Waals surface area contributed by atoms with E-state index in [2.05, 4.69) is 23.6 Å². The second kappa shape index (κ2) is 8.48. The summed E-state index contributed by atoms with van der Waals surface area (Å²) in [6.07, 6.45) is 1.06. The number of carbonyl (C=O) groups excluding carboxylic acids is 2. The molecule has 0 unspecified atom stereocenters. The highest BCUT2D eigenvalue weighted by Gasteiger charge is 2.07. The standard InChI is InChI=1S/C6H10O5S.C3H5NO/c1-5(2)6(7)11-3-4-12(8,9)10;1-2-3(4)5/h1,3-4H2,2H3,(H,8,9,10);2H,1H2,(H2,4,5).